The number of likely N-dealkylation sites (tertiary alicyclic amines) is 1. The van der Waals surface area contributed by atoms with Gasteiger partial charge in [0, 0.05) is 42.3 Å². The minimum atomic E-state index is -0.778. The molecule has 254 valence electrons. The Labute approximate surface area is 286 Å². The van der Waals surface area contributed by atoms with Crippen molar-refractivity contribution in [3.05, 3.63) is 108 Å². The molecule has 0 radical (unpaired) electrons. The topological polar surface area (TPSA) is 98.8 Å². The van der Waals surface area contributed by atoms with Crippen LogP contribution in [0, 0.1) is 11.2 Å². The van der Waals surface area contributed by atoms with Crippen LogP contribution in [0.25, 0.3) is 33.3 Å². The Morgan fingerprint density at radius 1 is 0.959 bits per heavy atom. The monoisotopic (exact) mass is 662 g/mol. The number of H-pyrrole nitrogens is 1. The van der Waals surface area contributed by atoms with Gasteiger partial charge in [0.25, 0.3) is 0 Å². The number of phenolic OH excluding ortho intramolecular Hbond substituents is 1. The molecule has 1 aliphatic rings. The Hall–Kier alpha value is -5.02. The number of aromatic hydroxyl groups is 1. The summed E-state index contributed by atoms with van der Waals surface area (Å²) in [6.07, 6.45) is 5.12. The molecule has 1 fully saturated rings. The molecule has 1 aliphatic heterocycles. The molecule has 9 heteroatoms. The molecule has 1 saturated heterocycles. The van der Waals surface area contributed by atoms with Gasteiger partial charge < -0.3 is 24.6 Å². The number of carbonyl (C=O) groups excluding carboxylic acids is 2. The maximum Gasteiger partial charge on any atom is 0.312 e. The maximum atomic E-state index is 13.6. The Balaban J connectivity index is 1.10. The van der Waals surface area contributed by atoms with Crippen LogP contribution in [0.2, 0.25) is 0 Å². The number of carbonyl (C=O) groups is 2. The highest BCUT2D eigenvalue weighted by Crippen LogP contribution is 2.39. The zero-order valence-corrected chi connectivity index (χ0v) is 28.1. The highest BCUT2D eigenvalue weighted by molar-refractivity contribution is 5.89. The van der Waals surface area contributed by atoms with Crippen LogP contribution >= 0.6 is 0 Å². The van der Waals surface area contributed by atoms with Crippen molar-refractivity contribution in [2.45, 2.75) is 39.5 Å². The van der Waals surface area contributed by atoms with Gasteiger partial charge in [-0.25, -0.2) is 4.39 Å². The van der Waals surface area contributed by atoms with E-state index >= 15 is 0 Å². The van der Waals surface area contributed by atoms with Gasteiger partial charge in [-0.05, 0) is 79.4 Å². The number of ether oxygens (including phenoxy) is 1. The van der Waals surface area contributed by atoms with Gasteiger partial charge in [0.1, 0.15) is 18.2 Å². The van der Waals surface area contributed by atoms with Crippen molar-refractivity contribution >= 4 is 22.8 Å². The number of piperidine rings is 1. The quantitative estimate of drug-likeness (QED) is 0.139. The van der Waals surface area contributed by atoms with Crippen LogP contribution in [0.3, 0.4) is 0 Å². The molecule has 0 bridgehead atoms. The lowest BCUT2D eigenvalue weighted by atomic mass is 9.73. The van der Waals surface area contributed by atoms with Gasteiger partial charge in [-0.15, -0.1) is 0 Å². The van der Waals surface area contributed by atoms with Gasteiger partial charge >= 0.3 is 5.97 Å². The van der Waals surface area contributed by atoms with E-state index in [1.54, 1.807) is 24.5 Å². The normalized spacial score (nSPS) is 14.3. The predicted molar refractivity (Wildman–Crippen MR) is 189 cm³/mol. The number of pyridine rings is 1. The van der Waals surface area contributed by atoms with E-state index in [4.69, 9.17) is 4.74 Å². The summed E-state index contributed by atoms with van der Waals surface area (Å²) in [7, 11) is 0. The third-order valence-corrected chi connectivity index (χ3v) is 9.87. The number of benzene rings is 3. The average molecular weight is 663 g/mol. The van der Waals surface area contributed by atoms with E-state index in [0.717, 1.165) is 46.4 Å². The summed E-state index contributed by atoms with van der Waals surface area (Å²) in [6, 6.07) is 23.6. The van der Waals surface area contributed by atoms with Crippen molar-refractivity contribution in [1.29, 1.82) is 0 Å². The van der Waals surface area contributed by atoms with Crippen molar-refractivity contribution in [3.63, 3.8) is 0 Å². The van der Waals surface area contributed by atoms with E-state index in [1.165, 1.54) is 12.1 Å². The van der Waals surface area contributed by atoms with Crippen molar-refractivity contribution in [1.82, 2.24) is 19.8 Å². The summed E-state index contributed by atoms with van der Waals surface area (Å²) in [5.74, 6) is -0.395. The minimum Gasteiger partial charge on any atom is -0.507 e. The summed E-state index contributed by atoms with van der Waals surface area (Å²) in [5.41, 5.74) is 4.90. The molecule has 3 aromatic carbocycles. The molecule has 1 amide bonds. The van der Waals surface area contributed by atoms with Gasteiger partial charge in [0.05, 0.1) is 29.2 Å². The first kappa shape index (κ1) is 33.9. The van der Waals surface area contributed by atoms with Crippen LogP contribution in [-0.2, 0) is 27.2 Å². The standard InChI is InChI=1S/C40H43FN4O4/c1-3-44(4-2)22-23-49-39(48)40(26-29-10-14-32(41)15-11-29)17-20-45(21-18-40)37(46)24-28-8-12-30(13-9-28)33-6-5-7-34(38(33)47)35-25-31-16-19-42-27-36(31)43-35/h5-16,19,25,27,43,47H,3-4,17-18,20-24,26H2,1-2H3. The molecule has 8 nitrogen and oxygen atoms in total. The smallest absolute Gasteiger partial charge is 0.312 e. The van der Waals surface area contributed by atoms with Crippen LogP contribution in [0.4, 0.5) is 4.39 Å². The number of aromatic amines is 1. The number of rotatable bonds is 12. The number of para-hydroxylation sites is 1. The number of hydrogen-bond donors (Lipinski definition) is 2. The molecule has 6 rings (SSSR count). The predicted octanol–water partition coefficient (Wildman–Crippen LogP) is 7.02. The fourth-order valence-corrected chi connectivity index (χ4v) is 6.79. The third-order valence-electron chi connectivity index (χ3n) is 9.87. The number of nitrogens with one attached hydrogen (secondary N) is 1. The lowest BCUT2D eigenvalue weighted by Crippen LogP contribution is -2.49. The Morgan fingerprint density at radius 3 is 2.35 bits per heavy atom. The summed E-state index contributed by atoms with van der Waals surface area (Å²) in [5, 5.41) is 12.3. The molecule has 0 saturated carbocycles. The molecule has 0 atom stereocenters. The number of nitrogens with zero attached hydrogens (tertiary/aromatic N) is 3. The fraction of sp³-hybridized carbons (Fsp3) is 0.325. The van der Waals surface area contributed by atoms with Crippen LogP contribution in [-0.4, -0.2) is 76.1 Å². The first-order valence-electron chi connectivity index (χ1n) is 17.0. The maximum absolute atomic E-state index is 13.6. The number of amides is 1. The number of phenols is 1. The Morgan fingerprint density at radius 2 is 1.65 bits per heavy atom. The molecule has 2 N–H and O–H groups in total. The number of fused-ring (bicyclic) bond motifs is 1. The van der Waals surface area contributed by atoms with Gasteiger partial charge in [0.2, 0.25) is 5.91 Å². The van der Waals surface area contributed by atoms with E-state index in [9.17, 15) is 19.1 Å². The highest BCUT2D eigenvalue weighted by atomic mass is 19.1. The molecule has 0 aliphatic carbocycles. The molecule has 0 unspecified atom stereocenters. The Bertz CT molecular complexity index is 1860. The van der Waals surface area contributed by atoms with Gasteiger partial charge in [0.15, 0.2) is 0 Å². The minimum absolute atomic E-state index is 0.00354. The zero-order chi connectivity index (χ0) is 34.4. The molecule has 5 aromatic rings. The fourth-order valence-electron chi connectivity index (χ4n) is 6.79. The summed E-state index contributed by atoms with van der Waals surface area (Å²) in [6.45, 7) is 7.78. The molecular weight excluding hydrogens is 619 g/mol. The second-order valence-electron chi connectivity index (χ2n) is 12.8. The number of halogens is 1. The van der Waals surface area contributed by atoms with Crippen LogP contribution < -0.4 is 0 Å². The summed E-state index contributed by atoms with van der Waals surface area (Å²) >= 11 is 0. The van der Waals surface area contributed by atoms with Crippen molar-refractivity contribution in [3.8, 4) is 28.1 Å². The summed E-state index contributed by atoms with van der Waals surface area (Å²) in [4.78, 5) is 38.6. The number of hydrogen-bond acceptors (Lipinski definition) is 6. The van der Waals surface area contributed by atoms with Crippen LogP contribution in [0.15, 0.2) is 91.3 Å². The summed E-state index contributed by atoms with van der Waals surface area (Å²) < 4.78 is 19.5. The second-order valence-corrected chi connectivity index (χ2v) is 12.8. The van der Waals surface area contributed by atoms with Gasteiger partial charge in [-0.2, -0.15) is 0 Å². The third kappa shape index (κ3) is 7.67. The molecule has 2 aromatic heterocycles. The van der Waals surface area contributed by atoms with Crippen molar-refractivity contribution in [2.75, 3.05) is 39.3 Å². The van der Waals surface area contributed by atoms with Gasteiger partial charge in [-0.3, -0.25) is 14.6 Å². The number of aromatic nitrogens is 2. The second kappa shape index (κ2) is 15.0. The van der Waals surface area contributed by atoms with Gasteiger partial charge in [-0.1, -0.05) is 62.4 Å². The van der Waals surface area contributed by atoms with Crippen molar-refractivity contribution in [2.24, 2.45) is 5.41 Å². The molecule has 0 spiro atoms. The SMILES string of the molecule is CCN(CC)CCOC(=O)C1(Cc2ccc(F)cc2)CCN(C(=O)Cc2ccc(-c3cccc(-c4cc5ccncc5[nH]4)c3O)cc2)CC1. The van der Waals surface area contributed by atoms with E-state index in [-0.39, 0.29) is 29.9 Å². The molecule has 49 heavy (non-hydrogen) atoms. The number of likely N-dealkylation sites (N-methyl/N-ethyl adjacent to an activating group) is 1. The van der Waals surface area contributed by atoms with Crippen molar-refractivity contribution < 1.29 is 23.8 Å². The van der Waals surface area contributed by atoms with E-state index in [2.05, 4.69) is 28.7 Å². The van der Waals surface area contributed by atoms with E-state index in [0.29, 0.717) is 56.6 Å². The largest absolute Gasteiger partial charge is 0.507 e. The van der Waals surface area contributed by atoms with E-state index < -0.39 is 5.41 Å². The average Bonchev–Trinajstić information content (AvgIpc) is 3.56. The van der Waals surface area contributed by atoms with Crippen LogP contribution in [0.5, 0.6) is 5.75 Å². The number of esters is 1. The first-order chi connectivity index (χ1) is 23.8. The van der Waals surface area contributed by atoms with E-state index in [1.807, 2.05) is 59.5 Å². The lowest BCUT2D eigenvalue weighted by Gasteiger charge is -2.40. The van der Waals surface area contributed by atoms with Crippen LogP contribution in [0.1, 0.15) is 37.8 Å². The highest BCUT2D eigenvalue weighted by Gasteiger charge is 2.43. The zero-order valence-electron chi connectivity index (χ0n) is 28.1. The molecular formula is C40H43FN4O4. The Kier molecular flexibility index (Phi) is 10.4. The lowest BCUT2D eigenvalue weighted by molar-refractivity contribution is -0.161. The first-order valence-corrected chi connectivity index (χ1v) is 17.0. The molecule has 3 heterocycles.